The van der Waals surface area contributed by atoms with E-state index in [9.17, 15) is 18.0 Å². The Balaban J connectivity index is 1.61. The summed E-state index contributed by atoms with van der Waals surface area (Å²) in [6.07, 6.45) is 3.97. The van der Waals surface area contributed by atoms with E-state index in [1.165, 1.54) is 18.2 Å². The first kappa shape index (κ1) is 23.1. The molecule has 0 bridgehead atoms. The Bertz CT molecular complexity index is 1070. The highest BCUT2D eigenvalue weighted by molar-refractivity contribution is 7.92. The molecule has 1 saturated carbocycles. The zero-order valence-corrected chi connectivity index (χ0v) is 18.9. The zero-order chi connectivity index (χ0) is 22.4. The van der Waals surface area contributed by atoms with Gasteiger partial charge in [-0.15, -0.1) is 0 Å². The Morgan fingerprint density at radius 3 is 2.45 bits per heavy atom. The number of carbonyl (C=O) groups excluding carboxylic acids is 2. The number of rotatable bonds is 8. The van der Waals surface area contributed by atoms with Crippen molar-refractivity contribution >= 4 is 39.1 Å². The summed E-state index contributed by atoms with van der Waals surface area (Å²) >= 11 is 6.13. The molecule has 0 aliphatic heterocycles. The highest BCUT2D eigenvalue weighted by Crippen LogP contribution is 2.25. The molecule has 1 aliphatic rings. The molecule has 0 atom stereocenters. The third-order valence-corrected chi connectivity index (χ3v) is 6.91. The summed E-state index contributed by atoms with van der Waals surface area (Å²) in [6, 6.07) is 10.9. The van der Waals surface area contributed by atoms with Gasteiger partial charge in [0, 0.05) is 24.7 Å². The summed E-state index contributed by atoms with van der Waals surface area (Å²) in [4.78, 5) is 24.5. The van der Waals surface area contributed by atoms with Gasteiger partial charge in [-0.25, -0.2) is 8.42 Å². The standard InChI is InChI=1S/C22H26ClN3O4S/c1-15-5-4-8-17(13-15)26-31(29,30)18-9-10-20(23)19(14-18)22(28)25-12-11-24-21(27)16-6-2-3-7-16/h4-5,8-10,13-14,16,26H,2-3,6-7,11-12H2,1H3,(H,24,27)(H,25,28). The minimum Gasteiger partial charge on any atom is -0.354 e. The molecular weight excluding hydrogens is 438 g/mol. The van der Waals surface area contributed by atoms with Crippen LogP contribution < -0.4 is 15.4 Å². The average Bonchev–Trinajstić information content (AvgIpc) is 3.26. The highest BCUT2D eigenvalue weighted by atomic mass is 35.5. The number of carbonyl (C=O) groups is 2. The molecule has 3 rings (SSSR count). The van der Waals surface area contributed by atoms with E-state index in [-0.39, 0.29) is 33.9 Å². The summed E-state index contributed by atoms with van der Waals surface area (Å²) in [7, 11) is -3.89. The first-order chi connectivity index (χ1) is 14.8. The van der Waals surface area contributed by atoms with E-state index in [0.29, 0.717) is 12.2 Å². The largest absolute Gasteiger partial charge is 0.354 e. The van der Waals surface area contributed by atoms with Crippen LogP contribution in [0.15, 0.2) is 47.4 Å². The van der Waals surface area contributed by atoms with Crippen LogP contribution in [0.4, 0.5) is 5.69 Å². The van der Waals surface area contributed by atoms with Crippen molar-refractivity contribution in [2.45, 2.75) is 37.5 Å². The van der Waals surface area contributed by atoms with Crippen molar-refractivity contribution in [1.82, 2.24) is 10.6 Å². The lowest BCUT2D eigenvalue weighted by atomic mass is 10.1. The van der Waals surface area contributed by atoms with Gasteiger partial charge in [-0.2, -0.15) is 0 Å². The van der Waals surface area contributed by atoms with Gasteiger partial charge in [-0.05, 0) is 55.7 Å². The van der Waals surface area contributed by atoms with Crippen molar-refractivity contribution < 1.29 is 18.0 Å². The van der Waals surface area contributed by atoms with Crippen molar-refractivity contribution in [2.24, 2.45) is 5.92 Å². The van der Waals surface area contributed by atoms with Crippen LogP contribution in [0.2, 0.25) is 5.02 Å². The van der Waals surface area contributed by atoms with E-state index < -0.39 is 15.9 Å². The Hall–Kier alpha value is -2.58. The lowest BCUT2D eigenvalue weighted by Crippen LogP contribution is -2.37. The van der Waals surface area contributed by atoms with Crippen LogP contribution in [0, 0.1) is 12.8 Å². The number of aryl methyl sites for hydroxylation is 1. The predicted octanol–water partition coefficient (Wildman–Crippen LogP) is 3.49. The second-order valence-electron chi connectivity index (χ2n) is 7.64. The molecule has 2 amide bonds. The number of halogens is 1. The minimum absolute atomic E-state index is 0.0140. The normalized spacial score (nSPS) is 14.3. The fourth-order valence-electron chi connectivity index (χ4n) is 3.56. The Morgan fingerprint density at radius 1 is 1.03 bits per heavy atom. The van der Waals surface area contributed by atoms with Crippen LogP contribution in [0.5, 0.6) is 0 Å². The fourth-order valence-corrected chi connectivity index (χ4v) is 4.84. The number of hydrogen-bond acceptors (Lipinski definition) is 4. The molecule has 166 valence electrons. The van der Waals surface area contributed by atoms with E-state index in [2.05, 4.69) is 15.4 Å². The predicted molar refractivity (Wildman–Crippen MR) is 121 cm³/mol. The van der Waals surface area contributed by atoms with Gasteiger partial charge in [0.15, 0.2) is 0 Å². The maximum Gasteiger partial charge on any atom is 0.261 e. The van der Waals surface area contributed by atoms with E-state index in [1.54, 1.807) is 18.2 Å². The molecule has 0 heterocycles. The third-order valence-electron chi connectivity index (χ3n) is 5.20. The maximum atomic E-state index is 12.7. The van der Waals surface area contributed by atoms with Gasteiger partial charge in [0.2, 0.25) is 5.91 Å². The molecule has 1 fully saturated rings. The van der Waals surface area contributed by atoms with Crippen molar-refractivity contribution in [1.29, 1.82) is 0 Å². The van der Waals surface area contributed by atoms with Crippen molar-refractivity contribution in [3.05, 3.63) is 58.6 Å². The van der Waals surface area contributed by atoms with Crippen LogP contribution in [0.1, 0.15) is 41.6 Å². The second kappa shape index (κ2) is 10.2. The van der Waals surface area contributed by atoms with E-state index in [1.807, 2.05) is 13.0 Å². The minimum atomic E-state index is -3.89. The molecule has 0 saturated heterocycles. The number of anilines is 1. The summed E-state index contributed by atoms with van der Waals surface area (Å²) in [6.45, 7) is 2.37. The van der Waals surface area contributed by atoms with Gasteiger partial charge >= 0.3 is 0 Å². The first-order valence-electron chi connectivity index (χ1n) is 10.2. The first-order valence-corrected chi connectivity index (χ1v) is 12.1. The average molecular weight is 464 g/mol. The van der Waals surface area contributed by atoms with E-state index in [0.717, 1.165) is 31.2 Å². The Morgan fingerprint density at radius 2 is 1.74 bits per heavy atom. The van der Waals surface area contributed by atoms with Crippen molar-refractivity contribution in [2.75, 3.05) is 17.8 Å². The Kier molecular flexibility index (Phi) is 7.56. The van der Waals surface area contributed by atoms with E-state index in [4.69, 9.17) is 11.6 Å². The Labute approximate surface area is 187 Å². The summed E-state index contributed by atoms with van der Waals surface area (Å²) in [5.41, 5.74) is 1.39. The lowest BCUT2D eigenvalue weighted by Gasteiger charge is -2.13. The molecule has 1 aliphatic carbocycles. The third kappa shape index (κ3) is 6.21. The molecule has 0 spiro atoms. The van der Waals surface area contributed by atoms with Crippen LogP contribution in [-0.4, -0.2) is 33.3 Å². The van der Waals surface area contributed by atoms with Crippen LogP contribution >= 0.6 is 11.6 Å². The topological polar surface area (TPSA) is 104 Å². The molecular formula is C22H26ClN3O4S. The zero-order valence-electron chi connectivity index (χ0n) is 17.3. The van der Waals surface area contributed by atoms with E-state index >= 15 is 0 Å². The number of amides is 2. The van der Waals surface area contributed by atoms with Gasteiger partial charge in [0.1, 0.15) is 0 Å². The van der Waals surface area contributed by atoms with Crippen LogP contribution in [0.25, 0.3) is 0 Å². The molecule has 0 aromatic heterocycles. The van der Waals surface area contributed by atoms with Crippen molar-refractivity contribution in [3.8, 4) is 0 Å². The fraction of sp³-hybridized carbons (Fsp3) is 0.364. The van der Waals surface area contributed by atoms with Crippen LogP contribution in [0.3, 0.4) is 0 Å². The monoisotopic (exact) mass is 463 g/mol. The summed E-state index contributed by atoms with van der Waals surface area (Å²) in [5, 5.41) is 5.63. The number of nitrogens with one attached hydrogen (secondary N) is 3. The smallest absolute Gasteiger partial charge is 0.261 e. The SMILES string of the molecule is Cc1cccc(NS(=O)(=O)c2ccc(Cl)c(C(=O)NCCNC(=O)C3CCCC3)c2)c1. The molecule has 3 N–H and O–H groups in total. The van der Waals surface area contributed by atoms with Gasteiger partial charge in [0.05, 0.1) is 15.5 Å². The quantitative estimate of drug-likeness (QED) is 0.521. The number of hydrogen-bond donors (Lipinski definition) is 3. The van der Waals surface area contributed by atoms with Gasteiger partial charge in [0.25, 0.3) is 15.9 Å². The molecule has 7 nitrogen and oxygen atoms in total. The van der Waals surface area contributed by atoms with Gasteiger partial charge in [-0.3, -0.25) is 14.3 Å². The van der Waals surface area contributed by atoms with Gasteiger partial charge < -0.3 is 10.6 Å². The van der Waals surface area contributed by atoms with Crippen LogP contribution in [-0.2, 0) is 14.8 Å². The molecule has 0 radical (unpaired) electrons. The lowest BCUT2D eigenvalue weighted by molar-refractivity contribution is -0.124. The second-order valence-corrected chi connectivity index (χ2v) is 9.73. The molecule has 0 unspecified atom stereocenters. The molecule has 31 heavy (non-hydrogen) atoms. The van der Waals surface area contributed by atoms with Crippen molar-refractivity contribution in [3.63, 3.8) is 0 Å². The number of benzene rings is 2. The highest BCUT2D eigenvalue weighted by Gasteiger charge is 2.22. The molecule has 2 aromatic carbocycles. The maximum absolute atomic E-state index is 12.7. The number of sulfonamides is 1. The summed E-state index contributed by atoms with van der Waals surface area (Å²) < 4.78 is 28.0. The van der Waals surface area contributed by atoms with Gasteiger partial charge in [-0.1, -0.05) is 36.6 Å². The molecule has 2 aromatic rings. The molecule has 9 heteroatoms. The summed E-state index contributed by atoms with van der Waals surface area (Å²) in [5.74, 6) is -0.430.